The van der Waals surface area contributed by atoms with Crippen LogP contribution in [0.5, 0.6) is 0 Å². The Morgan fingerprint density at radius 1 is 1.71 bits per heavy atom. The normalized spacial score (nSPS) is 12.3. The summed E-state index contributed by atoms with van der Waals surface area (Å²) in [6.45, 7) is 1.08. The molecule has 0 aromatic carbocycles. The number of rotatable bonds is 1. The second-order valence-corrected chi connectivity index (χ2v) is 3.20. The molecule has 0 aliphatic rings. The molecule has 0 heterocycles. The predicted molar refractivity (Wildman–Crippen MR) is 25.4 cm³/mol. The van der Waals surface area contributed by atoms with Gasteiger partial charge in [0.1, 0.15) is 0 Å². The van der Waals surface area contributed by atoms with E-state index in [1.165, 1.54) is 6.26 Å². The molecule has 0 aliphatic carbocycles. The zero-order valence-corrected chi connectivity index (χ0v) is 4.75. The monoisotopic (exact) mass is 123 g/mol. The number of nitriles is 1. The van der Waals surface area contributed by atoms with Crippen LogP contribution in [0.3, 0.4) is 0 Å². The first-order chi connectivity index (χ1) is 3.06. The van der Waals surface area contributed by atoms with Crippen molar-refractivity contribution < 1.29 is 14.3 Å². The molecule has 0 atom stereocenters. The molecule has 0 amide bonds. The number of hydrogen-bond acceptors (Lipinski definition) is 4. The SMILES string of the molecule is C[PH](O)(O)OC#N. The fourth-order valence-corrected chi connectivity index (χ4v) is 0.259. The number of hydrogen-bond donors (Lipinski definition) is 2. The van der Waals surface area contributed by atoms with E-state index >= 15 is 0 Å². The Balaban J connectivity index is 3.40. The maximum atomic E-state index is 8.27. The first-order valence-electron chi connectivity index (χ1n) is 1.58. The van der Waals surface area contributed by atoms with E-state index in [0.717, 1.165) is 6.66 Å². The molecule has 4 nitrogen and oxygen atoms in total. The van der Waals surface area contributed by atoms with Crippen molar-refractivity contribution >= 4 is 7.94 Å². The third kappa shape index (κ3) is 5.64. The van der Waals surface area contributed by atoms with Crippen LogP contribution in [0.1, 0.15) is 0 Å². The summed E-state index contributed by atoms with van der Waals surface area (Å²) in [5.41, 5.74) is 0. The van der Waals surface area contributed by atoms with Crippen molar-refractivity contribution in [2.45, 2.75) is 0 Å². The molecule has 0 saturated heterocycles. The Morgan fingerprint density at radius 2 is 2.14 bits per heavy atom. The molecule has 0 radical (unpaired) electrons. The minimum absolute atomic E-state index is 1.08. The van der Waals surface area contributed by atoms with Crippen LogP contribution in [-0.2, 0) is 4.52 Å². The van der Waals surface area contributed by atoms with Crippen LogP contribution in [0, 0.1) is 11.5 Å². The van der Waals surface area contributed by atoms with Gasteiger partial charge in [0.25, 0.3) is 0 Å². The summed E-state index contributed by atoms with van der Waals surface area (Å²) >= 11 is 0. The van der Waals surface area contributed by atoms with Crippen LogP contribution in [0.4, 0.5) is 0 Å². The van der Waals surface area contributed by atoms with Gasteiger partial charge >= 0.3 is 40.4 Å². The second-order valence-electron chi connectivity index (χ2n) is 1.13. The molecule has 2 N–H and O–H groups in total. The van der Waals surface area contributed by atoms with Gasteiger partial charge in [-0.25, -0.2) is 0 Å². The fourth-order valence-electron chi connectivity index (χ4n) is 0.0865. The van der Waals surface area contributed by atoms with E-state index in [0.29, 0.717) is 0 Å². The molecule has 0 unspecified atom stereocenters. The van der Waals surface area contributed by atoms with Crippen LogP contribution in [0.2, 0.25) is 0 Å². The summed E-state index contributed by atoms with van der Waals surface area (Å²) in [6.07, 6.45) is 1.17. The van der Waals surface area contributed by atoms with Gasteiger partial charge in [-0.1, -0.05) is 0 Å². The Labute approximate surface area is 41.5 Å². The average Bonchev–Trinajstić information content (AvgIpc) is 1.30. The van der Waals surface area contributed by atoms with Crippen LogP contribution >= 0.6 is 7.94 Å². The second kappa shape index (κ2) is 2.08. The molecule has 0 saturated carbocycles. The standard InChI is InChI=1S/C2H6NO3P/c1-7(4,5)6-2-3/h4-5,7H,1H3. The number of nitrogens with zero attached hydrogens (tertiary/aromatic N) is 1. The molecule has 0 aliphatic heterocycles. The van der Waals surface area contributed by atoms with Gasteiger partial charge in [0.2, 0.25) is 0 Å². The van der Waals surface area contributed by atoms with E-state index in [4.69, 9.17) is 15.0 Å². The van der Waals surface area contributed by atoms with Crippen LogP contribution in [-0.4, -0.2) is 16.5 Å². The van der Waals surface area contributed by atoms with Gasteiger partial charge in [-0.15, -0.1) is 0 Å². The fraction of sp³-hybridized carbons (Fsp3) is 0.500. The Kier molecular flexibility index (Phi) is 1.97. The first kappa shape index (κ1) is 6.64. The van der Waals surface area contributed by atoms with Gasteiger partial charge in [-0.2, -0.15) is 0 Å². The van der Waals surface area contributed by atoms with Gasteiger partial charge < -0.3 is 0 Å². The van der Waals surface area contributed by atoms with Crippen molar-refractivity contribution in [1.29, 1.82) is 5.26 Å². The van der Waals surface area contributed by atoms with E-state index in [1.54, 1.807) is 0 Å². The Bertz CT molecular complexity index is 90.1. The van der Waals surface area contributed by atoms with Crippen LogP contribution < -0.4 is 0 Å². The topological polar surface area (TPSA) is 73.5 Å². The molecule has 0 fully saturated rings. The van der Waals surface area contributed by atoms with Crippen molar-refractivity contribution in [2.24, 2.45) is 0 Å². The summed E-state index contributed by atoms with van der Waals surface area (Å²) in [5, 5.41) is 7.64. The zero-order chi connectivity index (χ0) is 5.91. The molecule has 0 spiro atoms. The molecule has 0 bridgehead atoms. The molecule has 42 valence electrons. The maximum absolute atomic E-state index is 8.27. The molecule has 7 heavy (non-hydrogen) atoms. The molecule has 0 rings (SSSR count). The summed E-state index contributed by atoms with van der Waals surface area (Å²) in [6, 6.07) is 0. The molecular formula is C2H6NO3P. The molecule has 0 aromatic rings. The Morgan fingerprint density at radius 3 is 2.14 bits per heavy atom. The predicted octanol–water partition coefficient (Wildman–Crippen LogP) is -0.407. The summed E-state index contributed by atoms with van der Waals surface area (Å²) in [4.78, 5) is 16.5. The molecular weight excluding hydrogens is 117 g/mol. The van der Waals surface area contributed by atoms with Crippen molar-refractivity contribution in [3.63, 3.8) is 0 Å². The summed E-state index contributed by atoms with van der Waals surface area (Å²) in [7, 11) is -3.52. The van der Waals surface area contributed by atoms with Crippen molar-refractivity contribution in [2.75, 3.05) is 6.66 Å². The molecule has 5 heteroatoms. The van der Waals surface area contributed by atoms with Gasteiger partial charge in [-0.05, 0) is 0 Å². The van der Waals surface area contributed by atoms with Crippen LogP contribution in [0.15, 0.2) is 0 Å². The Hall–Kier alpha value is -0.360. The zero-order valence-electron chi connectivity index (χ0n) is 3.75. The van der Waals surface area contributed by atoms with E-state index < -0.39 is 7.94 Å². The quantitative estimate of drug-likeness (QED) is 0.367. The van der Waals surface area contributed by atoms with Crippen LogP contribution in [0.25, 0.3) is 0 Å². The van der Waals surface area contributed by atoms with Gasteiger partial charge in [0.05, 0.1) is 0 Å². The third-order valence-electron chi connectivity index (χ3n) is 0.239. The van der Waals surface area contributed by atoms with Gasteiger partial charge in [-0.3, -0.25) is 0 Å². The minimum atomic E-state index is -3.52. The summed E-state index contributed by atoms with van der Waals surface area (Å²) < 4.78 is 3.78. The summed E-state index contributed by atoms with van der Waals surface area (Å²) in [5.74, 6) is 0. The van der Waals surface area contributed by atoms with Gasteiger partial charge in [0, 0.05) is 0 Å². The van der Waals surface area contributed by atoms with E-state index in [-0.39, 0.29) is 0 Å². The molecule has 0 aromatic heterocycles. The first-order valence-corrected chi connectivity index (χ1v) is 3.88. The third-order valence-corrected chi connectivity index (χ3v) is 0.717. The van der Waals surface area contributed by atoms with Crippen molar-refractivity contribution in [3.05, 3.63) is 0 Å². The van der Waals surface area contributed by atoms with Crippen molar-refractivity contribution in [1.82, 2.24) is 0 Å². The average molecular weight is 123 g/mol. The van der Waals surface area contributed by atoms with E-state index in [1.807, 2.05) is 0 Å². The van der Waals surface area contributed by atoms with E-state index in [9.17, 15) is 0 Å². The van der Waals surface area contributed by atoms with Gasteiger partial charge in [0.15, 0.2) is 0 Å². The van der Waals surface area contributed by atoms with Crippen molar-refractivity contribution in [3.8, 4) is 6.26 Å². The van der Waals surface area contributed by atoms with E-state index in [2.05, 4.69) is 4.52 Å².